The van der Waals surface area contributed by atoms with E-state index >= 15 is 0 Å². The minimum Gasteiger partial charge on any atom is -0.760 e. The Balaban J connectivity index is 3.54. The standard InChI is InChI=1S/C14H29NO2S/c1-10-11(2,3)12(4,5)13(6,7)14(8,9)15(10)18(16)17/h10H,1-9H3,(H,16,17)/p-1. The minimum atomic E-state index is -2.19. The van der Waals surface area contributed by atoms with E-state index in [2.05, 4.69) is 41.5 Å². The van der Waals surface area contributed by atoms with Crippen molar-refractivity contribution in [3.63, 3.8) is 0 Å². The van der Waals surface area contributed by atoms with Gasteiger partial charge in [-0.25, -0.2) is 4.31 Å². The first-order chi connectivity index (χ1) is 7.73. The molecule has 0 aromatic heterocycles. The molecule has 0 spiro atoms. The van der Waals surface area contributed by atoms with Gasteiger partial charge in [0, 0.05) is 22.8 Å². The van der Waals surface area contributed by atoms with Crippen LogP contribution in [0.4, 0.5) is 0 Å². The van der Waals surface area contributed by atoms with Gasteiger partial charge < -0.3 is 4.55 Å². The molecule has 18 heavy (non-hydrogen) atoms. The van der Waals surface area contributed by atoms with Crippen LogP contribution in [0.2, 0.25) is 0 Å². The lowest BCUT2D eigenvalue weighted by molar-refractivity contribution is -0.179. The normalized spacial score (nSPS) is 35.1. The Morgan fingerprint density at radius 2 is 1.33 bits per heavy atom. The zero-order valence-corrected chi connectivity index (χ0v) is 14.1. The van der Waals surface area contributed by atoms with E-state index in [0.29, 0.717) is 0 Å². The van der Waals surface area contributed by atoms with Gasteiger partial charge >= 0.3 is 0 Å². The zero-order valence-electron chi connectivity index (χ0n) is 13.2. The molecule has 2 atom stereocenters. The molecular formula is C14H28NO2S-. The second kappa shape index (κ2) is 4.03. The highest BCUT2D eigenvalue weighted by Crippen LogP contribution is 2.63. The van der Waals surface area contributed by atoms with Crippen molar-refractivity contribution in [3.8, 4) is 0 Å². The maximum atomic E-state index is 11.7. The van der Waals surface area contributed by atoms with Crippen LogP contribution in [0.3, 0.4) is 0 Å². The summed E-state index contributed by atoms with van der Waals surface area (Å²) in [6.07, 6.45) is 0. The van der Waals surface area contributed by atoms with Crippen molar-refractivity contribution in [1.29, 1.82) is 0 Å². The summed E-state index contributed by atoms with van der Waals surface area (Å²) in [7, 11) is 0. The molecule has 0 radical (unpaired) electrons. The van der Waals surface area contributed by atoms with Crippen LogP contribution in [0.1, 0.15) is 62.3 Å². The van der Waals surface area contributed by atoms with Gasteiger partial charge in [-0.3, -0.25) is 4.21 Å². The van der Waals surface area contributed by atoms with Crippen molar-refractivity contribution in [3.05, 3.63) is 0 Å². The second-order valence-electron chi connectivity index (χ2n) is 7.75. The van der Waals surface area contributed by atoms with Crippen LogP contribution in [0, 0.1) is 16.2 Å². The molecule has 1 aliphatic rings. The van der Waals surface area contributed by atoms with E-state index < -0.39 is 16.8 Å². The summed E-state index contributed by atoms with van der Waals surface area (Å²) >= 11 is -2.19. The molecule has 0 bridgehead atoms. The zero-order chi connectivity index (χ0) is 14.7. The van der Waals surface area contributed by atoms with Crippen molar-refractivity contribution in [1.82, 2.24) is 4.31 Å². The fourth-order valence-electron chi connectivity index (χ4n) is 3.46. The lowest BCUT2D eigenvalue weighted by atomic mass is 9.45. The Kier molecular flexibility index (Phi) is 3.61. The predicted octanol–water partition coefficient (Wildman–Crippen LogP) is 3.34. The van der Waals surface area contributed by atoms with Crippen LogP contribution in [-0.2, 0) is 11.3 Å². The molecule has 108 valence electrons. The summed E-state index contributed by atoms with van der Waals surface area (Å²) in [4.78, 5) is 0. The van der Waals surface area contributed by atoms with Crippen LogP contribution >= 0.6 is 0 Å². The molecular weight excluding hydrogens is 246 g/mol. The maximum absolute atomic E-state index is 11.7. The predicted molar refractivity (Wildman–Crippen MR) is 75.6 cm³/mol. The lowest BCUT2D eigenvalue weighted by Gasteiger charge is -2.70. The molecule has 0 N–H and O–H groups in total. The van der Waals surface area contributed by atoms with E-state index in [1.807, 2.05) is 20.8 Å². The monoisotopic (exact) mass is 274 g/mol. The van der Waals surface area contributed by atoms with Crippen LogP contribution in [0.5, 0.6) is 0 Å². The Hall–Kier alpha value is 0.0700. The molecule has 1 aliphatic heterocycles. The molecule has 1 rings (SSSR count). The summed E-state index contributed by atoms with van der Waals surface area (Å²) in [5, 5.41) is 0. The fourth-order valence-corrected chi connectivity index (χ4v) is 4.58. The summed E-state index contributed by atoms with van der Waals surface area (Å²) in [6, 6.07) is -0.0196. The van der Waals surface area contributed by atoms with E-state index in [-0.39, 0.29) is 22.3 Å². The summed E-state index contributed by atoms with van der Waals surface area (Å²) in [5.41, 5.74) is -0.598. The van der Waals surface area contributed by atoms with Crippen LogP contribution in [0.15, 0.2) is 0 Å². The molecule has 3 nitrogen and oxygen atoms in total. The van der Waals surface area contributed by atoms with Gasteiger partial charge in [0.2, 0.25) is 0 Å². The number of nitrogens with zero attached hydrogens (tertiary/aromatic N) is 1. The largest absolute Gasteiger partial charge is 0.760 e. The average Bonchev–Trinajstić information content (AvgIpc) is 2.14. The van der Waals surface area contributed by atoms with Gasteiger partial charge in [-0.15, -0.1) is 0 Å². The Bertz CT molecular complexity index is 372. The molecule has 1 saturated heterocycles. The van der Waals surface area contributed by atoms with Crippen molar-refractivity contribution in [2.75, 3.05) is 0 Å². The average molecular weight is 274 g/mol. The molecule has 0 saturated carbocycles. The highest BCUT2D eigenvalue weighted by Gasteiger charge is 2.64. The van der Waals surface area contributed by atoms with E-state index in [0.717, 1.165) is 0 Å². The van der Waals surface area contributed by atoms with E-state index in [1.54, 1.807) is 4.31 Å². The number of hydrogen-bond acceptors (Lipinski definition) is 2. The molecule has 0 aromatic carbocycles. The van der Waals surface area contributed by atoms with Crippen LogP contribution < -0.4 is 0 Å². The highest BCUT2D eigenvalue weighted by molar-refractivity contribution is 7.76. The van der Waals surface area contributed by atoms with Gasteiger partial charge in [-0.2, -0.15) is 0 Å². The third-order valence-corrected chi connectivity index (χ3v) is 7.90. The van der Waals surface area contributed by atoms with Gasteiger partial charge in [0.1, 0.15) is 0 Å². The molecule has 1 fully saturated rings. The molecule has 0 amide bonds. The summed E-state index contributed by atoms with van der Waals surface area (Å²) in [6.45, 7) is 19.3. The number of piperidine rings is 1. The maximum Gasteiger partial charge on any atom is 0.0329 e. The fraction of sp³-hybridized carbons (Fsp3) is 1.00. The first-order valence-corrected chi connectivity index (χ1v) is 7.65. The minimum absolute atomic E-state index is 0.0196. The quantitative estimate of drug-likeness (QED) is 0.688. The Morgan fingerprint density at radius 1 is 0.944 bits per heavy atom. The topological polar surface area (TPSA) is 43.4 Å². The van der Waals surface area contributed by atoms with E-state index in [9.17, 15) is 8.76 Å². The number of rotatable bonds is 1. The van der Waals surface area contributed by atoms with Crippen molar-refractivity contribution >= 4 is 11.3 Å². The first kappa shape index (κ1) is 16.1. The Labute approximate surface area is 115 Å². The van der Waals surface area contributed by atoms with Crippen LogP contribution in [0.25, 0.3) is 0 Å². The Morgan fingerprint density at radius 3 is 1.67 bits per heavy atom. The molecule has 2 unspecified atom stereocenters. The third kappa shape index (κ3) is 1.65. The third-order valence-electron chi connectivity index (χ3n) is 6.81. The van der Waals surface area contributed by atoms with Crippen LogP contribution in [-0.4, -0.2) is 24.6 Å². The lowest BCUT2D eigenvalue weighted by Crippen LogP contribution is -2.73. The number of hydrogen-bond donors (Lipinski definition) is 0. The molecule has 4 heteroatoms. The summed E-state index contributed by atoms with van der Waals surface area (Å²) in [5.74, 6) is 0. The SMILES string of the molecule is CC1N(S(=O)[O-])C(C)(C)C(C)(C)C(C)(C)C1(C)C. The first-order valence-electron chi connectivity index (χ1n) is 6.61. The van der Waals surface area contributed by atoms with Gasteiger partial charge in [-0.1, -0.05) is 41.5 Å². The van der Waals surface area contributed by atoms with Crippen molar-refractivity contribution in [2.45, 2.75) is 73.9 Å². The smallest absolute Gasteiger partial charge is 0.0329 e. The molecule has 1 heterocycles. The second-order valence-corrected chi connectivity index (χ2v) is 8.58. The van der Waals surface area contributed by atoms with Gasteiger partial charge in [0.25, 0.3) is 0 Å². The van der Waals surface area contributed by atoms with Gasteiger partial charge in [0.05, 0.1) is 0 Å². The van der Waals surface area contributed by atoms with Crippen molar-refractivity contribution < 1.29 is 8.76 Å². The van der Waals surface area contributed by atoms with Gasteiger partial charge in [0.15, 0.2) is 0 Å². The molecule has 0 aliphatic carbocycles. The van der Waals surface area contributed by atoms with E-state index in [4.69, 9.17) is 0 Å². The van der Waals surface area contributed by atoms with Crippen molar-refractivity contribution in [2.24, 2.45) is 16.2 Å². The highest BCUT2D eigenvalue weighted by atomic mass is 32.2. The molecule has 0 aromatic rings. The van der Waals surface area contributed by atoms with Gasteiger partial charge in [-0.05, 0) is 37.0 Å². The summed E-state index contributed by atoms with van der Waals surface area (Å²) < 4.78 is 25.0. The van der Waals surface area contributed by atoms with E-state index in [1.165, 1.54) is 0 Å².